The fourth-order valence-corrected chi connectivity index (χ4v) is 2.67. The van der Waals surface area contributed by atoms with E-state index in [4.69, 9.17) is 20.8 Å². The Morgan fingerprint density at radius 2 is 2.00 bits per heavy atom. The van der Waals surface area contributed by atoms with Crippen LogP contribution >= 0.6 is 11.6 Å². The molecule has 0 saturated carbocycles. The van der Waals surface area contributed by atoms with Crippen molar-refractivity contribution < 1.29 is 13.9 Å². The summed E-state index contributed by atoms with van der Waals surface area (Å²) in [6.07, 6.45) is 1.72. The highest BCUT2D eigenvalue weighted by Crippen LogP contribution is 2.28. The third-order valence-corrected chi connectivity index (χ3v) is 4.04. The van der Waals surface area contributed by atoms with Crippen molar-refractivity contribution in [2.75, 3.05) is 13.7 Å². The largest absolute Gasteiger partial charge is 0.493 e. The number of hydrogen-bond donors (Lipinski definition) is 1. The van der Waals surface area contributed by atoms with Gasteiger partial charge in [0.1, 0.15) is 0 Å². The van der Waals surface area contributed by atoms with Crippen molar-refractivity contribution in [2.24, 2.45) is 0 Å². The lowest BCUT2D eigenvalue weighted by Gasteiger charge is -2.04. The molecule has 0 unspecified atom stereocenters. The van der Waals surface area contributed by atoms with Gasteiger partial charge in [0, 0.05) is 17.0 Å². The van der Waals surface area contributed by atoms with Gasteiger partial charge in [0.15, 0.2) is 17.1 Å². The molecular formula is C19H18ClNO3. The fraction of sp³-hybridized carbons (Fsp3) is 0.211. The number of halogens is 1. The molecule has 1 N–H and O–H groups in total. The summed E-state index contributed by atoms with van der Waals surface area (Å²) in [6.45, 7) is 0.579. The van der Waals surface area contributed by atoms with Gasteiger partial charge in [-0.3, -0.25) is 4.79 Å². The van der Waals surface area contributed by atoms with Gasteiger partial charge in [-0.2, -0.15) is 0 Å². The highest BCUT2D eigenvalue weighted by Gasteiger charge is 2.14. The van der Waals surface area contributed by atoms with Gasteiger partial charge in [-0.25, -0.2) is 0 Å². The Kier molecular flexibility index (Phi) is 5.06. The number of carbonyl (C=O) groups excluding carboxylic acids is 1. The number of carbonyl (C=O) groups is 1. The van der Waals surface area contributed by atoms with Crippen molar-refractivity contribution in [1.29, 1.82) is 0 Å². The summed E-state index contributed by atoms with van der Waals surface area (Å²) in [5.41, 5.74) is 1.79. The third kappa shape index (κ3) is 3.71. The highest BCUT2D eigenvalue weighted by molar-refractivity contribution is 6.30. The van der Waals surface area contributed by atoms with Gasteiger partial charge in [0.05, 0.1) is 7.11 Å². The number of hydrogen-bond acceptors (Lipinski definition) is 3. The van der Waals surface area contributed by atoms with Crippen LogP contribution in [0.3, 0.4) is 0 Å². The van der Waals surface area contributed by atoms with Crippen LogP contribution in [0.2, 0.25) is 5.02 Å². The molecule has 0 bridgehead atoms. The Balaban J connectivity index is 1.56. The molecule has 5 heteroatoms. The molecule has 3 aromatic rings. The van der Waals surface area contributed by atoms with Crippen LogP contribution in [0.15, 0.2) is 52.9 Å². The number of para-hydroxylation sites is 1. The van der Waals surface area contributed by atoms with Crippen LogP contribution in [0.5, 0.6) is 5.75 Å². The zero-order valence-electron chi connectivity index (χ0n) is 13.3. The minimum atomic E-state index is -0.218. The number of ether oxygens (including phenoxy) is 1. The van der Waals surface area contributed by atoms with Crippen molar-refractivity contribution in [3.05, 3.63) is 64.9 Å². The summed E-state index contributed by atoms with van der Waals surface area (Å²) in [5.74, 6) is 0.694. The van der Waals surface area contributed by atoms with Gasteiger partial charge in [0.25, 0.3) is 5.91 Å². The lowest BCUT2D eigenvalue weighted by molar-refractivity contribution is 0.0927. The SMILES string of the molecule is COc1cccc2cc(C(=O)NCCCc3ccc(Cl)cc3)oc12. The minimum Gasteiger partial charge on any atom is -0.493 e. The normalized spacial score (nSPS) is 10.8. The minimum absolute atomic E-state index is 0.218. The Labute approximate surface area is 145 Å². The van der Waals surface area contributed by atoms with Crippen molar-refractivity contribution in [2.45, 2.75) is 12.8 Å². The van der Waals surface area contributed by atoms with Crippen LogP contribution in [0, 0.1) is 0 Å². The number of amides is 1. The molecule has 3 rings (SSSR count). The molecule has 0 aliphatic heterocycles. The van der Waals surface area contributed by atoms with Crippen LogP contribution in [0.4, 0.5) is 0 Å². The smallest absolute Gasteiger partial charge is 0.287 e. The van der Waals surface area contributed by atoms with Gasteiger partial charge in [0.2, 0.25) is 0 Å². The van der Waals surface area contributed by atoms with Crippen LogP contribution in [0.25, 0.3) is 11.0 Å². The van der Waals surface area contributed by atoms with Crippen molar-refractivity contribution >= 4 is 28.5 Å². The van der Waals surface area contributed by atoms with Crippen LogP contribution in [-0.2, 0) is 6.42 Å². The summed E-state index contributed by atoms with van der Waals surface area (Å²) in [5, 5.41) is 4.46. The Morgan fingerprint density at radius 1 is 1.21 bits per heavy atom. The van der Waals surface area contributed by atoms with Crippen molar-refractivity contribution in [3.8, 4) is 5.75 Å². The molecule has 1 heterocycles. The van der Waals surface area contributed by atoms with Gasteiger partial charge < -0.3 is 14.5 Å². The maximum absolute atomic E-state index is 12.2. The number of fused-ring (bicyclic) bond motifs is 1. The monoisotopic (exact) mass is 343 g/mol. The molecule has 0 aliphatic carbocycles. The second kappa shape index (κ2) is 7.41. The van der Waals surface area contributed by atoms with E-state index in [1.807, 2.05) is 36.4 Å². The van der Waals surface area contributed by atoms with Gasteiger partial charge in [-0.15, -0.1) is 0 Å². The maximum Gasteiger partial charge on any atom is 0.287 e. The summed E-state index contributed by atoms with van der Waals surface area (Å²) in [6, 6.07) is 15.0. The van der Waals surface area contributed by atoms with Crippen LogP contribution < -0.4 is 10.1 Å². The number of aryl methyl sites for hydroxylation is 1. The van der Waals surface area contributed by atoms with Crippen LogP contribution in [-0.4, -0.2) is 19.6 Å². The molecule has 1 aromatic heterocycles. The van der Waals surface area contributed by atoms with E-state index >= 15 is 0 Å². The van der Waals surface area contributed by atoms with E-state index in [0.717, 1.165) is 23.3 Å². The molecule has 2 aromatic carbocycles. The van der Waals surface area contributed by atoms with Crippen molar-refractivity contribution in [1.82, 2.24) is 5.32 Å². The summed E-state index contributed by atoms with van der Waals surface area (Å²) < 4.78 is 10.9. The van der Waals surface area contributed by atoms with E-state index < -0.39 is 0 Å². The van der Waals surface area contributed by atoms with E-state index in [0.29, 0.717) is 23.6 Å². The molecule has 0 atom stereocenters. The topological polar surface area (TPSA) is 51.5 Å². The average Bonchev–Trinajstić information content (AvgIpc) is 3.04. The Hall–Kier alpha value is -2.46. The molecule has 0 spiro atoms. The Morgan fingerprint density at radius 3 is 2.75 bits per heavy atom. The van der Waals surface area contributed by atoms with Crippen LogP contribution in [0.1, 0.15) is 22.5 Å². The van der Waals surface area contributed by atoms with Gasteiger partial charge in [-0.1, -0.05) is 35.9 Å². The second-order valence-corrected chi connectivity index (χ2v) is 5.91. The van der Waals surface area contributed by atoms with Crippen molar-refractivity contribution in [3.63, 3.8) is 0 Å². The third-order valence-electron chi connectivity index (χ3n) is 3.79. The van der Waals surface area contributed by atoms with E-state index in [1.54, 1.807) is 19.2 Å². The quantitative estimate of drug-likeness (QED) is 0.672. The standard InChI is InChI=1S/C19H18ClNO3/c1-23-16-6-2-5-14-12-17(24-18(14)16)19(22)21-11-3-4-13-7-9-15(20)10-8-13/h2,5-10,12H,3-4,11H2,1H3,(H,21,22). The number of rotatable bonds is 6. The van der Waals surface area contributed by atoms with E-state index in [1.165, 1.54) is 5.56 Å². The van der Waals surface area contributed by atoms with E-state index in [9.17, 15) is 4.79 Å². The van der Waals surface area contributed by atoms with E-state index in [2.05, 4.69) is 5.32 Å². The average molecular weight is 344 g/mol. The first-order valence-electron chi connectivity index (χ1n) is 7.76. The molecule has 4 nitrogen and oxygen atoms in total. The molecule has 1 amide bonds. The molecule has 0 fully saturated rings. The molecule has 124 valence electrons. The predicted molar refractivity (Wildman–Crippen MR) is 94.9 cm³/mol. The summed E-state index contributed by atoms with van der Waals surface area (Å²) >= 11 is 5.86. The molecule has 24 heavy (non-hydrogen) atoms. The van der Waals surface area contributed by atoms with Gasteiger partial charge in [-0.05, 0) is 42.7 Å². The first-order valence-corrected chi connectivity index (χ1v) is 8.14. The number of benzene rings is 2. The van der Waals surface area contributed by atoms with Gasteiger partial charge >= 0.3 is 0 Å². The maximum atomic E-state index is 12.2. The summed E-state index contributed by atoms with van der Waals surface area (Å²) in [7, 11) is 1.58. The zero-order chi connectivity index (χ0) is 16.9. The zero-order valence-corrected chi connectivity index (χ0v) is 14.1. The molecule has 0 aliphatic rings. The molecule has 0 radical (unpaired) electrons. The Bertz CT molecular complexity index is 839. The highest BCUT2D eigenvalue weighted by atomic mass is 35.5. The number of nitrogens with one attached hydrogen (secondary N) is 1. The number of methoxy groups -OCH3 is 1. The number of furan rings is 1. The first kappa shape index (κ1) is 16.4. The lowest BCUT2D eigenvalue weighted by atomic mass is 10.1. The second-order valence-electron chi connectivity index (χ2n) is 5.48. The molecule has 0 saturated heterocycles. The fourth-order valence-electron chi connectivity index (χ4n) is 2.54. The van der Waals surface area contributed by atoms with E-state index in [-0.39, 0.29) is 5.91 Å². The predicted octanol–water partition coefficient (Wildman–Crippen LogP) is 4.46. The lowest BCUT2D eigenvalue weighted by Crippen LogP contribution is -2.24. The molecular weight excluding hydrogens is 326 g/mol. The first-order chi connectivity index (χ1) is 11.7. The summed E-state index contributed by atoms with van der Waals surface area (Å²) in [4.78, 5) is 12.2.